The van der Waals surface area contributed by atoms with E-state index in [0.717, 1.165) is 23.2 Å². The summed E-state index contributed by atoms with van der Waals surface area (Å²) < 4.78 is 0. The Bertz CT molecular complexity index is 494. The zero-order valence-electron chi connectivity index (χ0n) is 9.20. The van der Waals surface area contributed by atoms with Crippen molar-refractivity contribution in [2.75, 3.05) is 18.0 Å². The van der Waals surface area contributed by atoms with Gasteiger partial charge in [-0.15, -0.1) is 0 Å². The molecule has 1 heterocycles. The average molecular weight is 232 g/mol. The van der Waals surface area contributed by atoms with E-state index in [0.29, 0.717) is 6.54 Å². The van der Waals surface area contributed by atoms with Crippen LogP contribution in [0, 0.1) is 0 Å². The normalized spacial score (nSPS) is 13.1. The van der Waals surface area contributed by atoms with E-state index in [9.17, 15) is 4.79 Å². The molecular weight excluding hydrogens is 220 g/mol. The molecule has 17 heavy (non-hydrogen) atoms. The summed E-state index contributed by atoms with van der Waals surface area (Å²) in [4.78, 5) is 15.9. The summed E-state index contributed by atoms with van der Waals surface area (Å²) in [5.41, 5.74) is 10.9. The van der Waals surface area contributed by atoms with Gasteiger partial charge in [-0.25, -0.2) is 0 Å². The fraction of sp³-hybridized carbons (Fsp3) is 0.364. The van der Waals surface area contributed by atoms with Gasteiger partial charge in [-0.05, 0) is 29.1 Å². The van der Waals surface area contributed by atoms with Gasteiger partial charge in [0, 0.05) is 17.1 Å². The number of carbonyl (C=O) groups excluding carboxylic acids is 1. The first kappa shape index (κ1) is 11.4. The molecule has 0 fully saturated rings. The largest absolute Gasteiger partial charge is 0.392 e. The highest BCUT2D eigenvalue weighted by atomic mass is 16.3. The van der Waals surface area contributed by atoms with Crippen LogP contribution in [0.5, 0.6) is 0 Å². The molecule has 1 N–H and O–H groups in total. The molecule has 1 amide bonds. The molecule has 0 saturated carbocycles. The van der Waals surface area contributed by atoms with Crippen LogP contribution in [0.25, 0.3) is 10.4 Å². The lowest BCUT2D eigenvalue weighted by atomic mass is 10.1. The zero-order chi connectivity index (χ0) is 12.3. The number of hydrogen-bond donors (Lipinski definition) is 1. The van der Waals surface area contributed by atoms with E-state index in [-0.39, 0.29) is 19.1 Å². The van der Waals surface area contributed by atoms with Crippen molar-refractivity contribution >= 4 is 11.6 Å². The van der Waals surface area contributed by atoms with Gasteiger partial charge in [-0.3, -0.25) is 4.79 Å². The molecule has 0 aliphatic carbocycles. The second-order valence-electron chi connectivity index (χ2n) is 3.81. The van der Waals surface area contributed by atoms with Gasteiger partial charge in [0.2, 0.25) is 5.91 Å². The molecular formula is C11H12N4O2. The summed E-state index contributed by atoms with van der Waals surface area (Å²) in [6.07, 6.45) is 0.769. The zero-order valence-corrected chi connectivity index (χ0v) is 9.20. The Morgan fingerprint density at radius 1 is 1.59 bits per heavy atom. The molecule has 6 nitrogen and oxygen atoms in total. The highest BCUT2D eigenvalue weighted by molar-refractivity contribution is 5.96. The molecule has 1 aromatic rings. The highest BCUT2D eigenvalue weighted by Gasteiger charge is 2.23. The first-order valence-electron chi connectivity index (χ1n) is 5.30. The van der Waals surface area contributed by atoms with Crippen LogP contribution < -0.4 is 4.90 Å². The van der Waals surface area contributed by atoms with Gasteiger partial charge in [-0.2, -0.15) is 0 Å². The van der Waals surface area contributed by atoms with E-state index in [1.54, 1.807) is 11.0 Å². The lowest BCUT2D eigenvalue weighted by Crippen LogP contribution is -2.30. The third kappa shape index (κ3) is 2.22. The quantitative estimate of drug-likeness (QED) is 0.484. The molecule has 0 radical (unpaired) electrons. The molecule has 2 rings (SSSR count). The Hall–Kier alpha value is -2.04. The van der Waals surface area contributed by atoms with Gasteiger partial charge in [0.25, 0.3) is 0 Å². The molecule has 0 aromatic heterocycles. The number of carbonyl (C=O) groups is 1. The van der Waals surface area contributed by atoms with Gasteiger partial charge in [0.15, 0.2) is 0 Å². The van der Waals surface area contributed by atoms with Crippen molar-refractivity contribution in [3.8, 4) is 0 Å². The van der Waals surface area contributed by atoms with Crippen molar-refractivity contribution in [3.63, 3.8) is 0 Å². The van der Waals surface area contributed by atoms with Gasteiger partial charge in [0.1, 0.15) is 6.54 Å². The van der Waals surface area contributed by atoms with Crippen molar-refractivity contribution in [3.05, 3.63) is 39.8 Å². The number of aliphatic hydroxyl groups is 1. The summed E-state index contributed by atoms with van der Waals surface area (Å²) in [5.74, 6) is -0.196. The fourth-order valence-electron chi connectivity index (χ4n) is 1.99. The first-order valence-corrected chi connectivity index (χ1v) is 5.30. The smallest absolute Gasteiger partial charge is 0.232 e. The maximum atomic E-state index is 11.7. The molecule has 1 aliphatic heterocycles. The lowest BCUT2D eigenvalue weighted by molar-refractivity contribution is -0.117. The number of nitrogens with zero attached hydrogens (tertiary/aromatic N) is 4. The van der Waals surface area contributed by atoms with Gasteiger partial charge >= 0.3 is 0 Å². The van der Waals surface area contributed by atoms with Crippen LogP contribution in [0.15, 0.2) is 23.3 Å². The molecule has 0 atom stereocenters. The fourth-order valence-corrected chi connectivity index (χ4v) is 1.99. The SMILES string of the molecule is [N-]=[N+]=NCC(=O)N1CCc2cc(CO)ccc21. The first-order chi connectivity index (χ1) is 8.26. The molecule has 6 heteroatoms. The van der Waals surface area contributed by atoms with Gasteiger partial charge < -0.3 is 10.0 Å². The van der Waals surface area contributed by atoms with Crippen molar-refractivity contribution in [1.82, 2.24) is 0 Å². The minimum atomic E-state index is -0.196. The molecule has 0 saturated heterocycles. The predicted molar refractivity (Wildman–Crippen MR) is 62.4 cm³/mol. The number of hydrogen-bond acceptors (Lipinski definition) is 3. The number of rotatable bonds is 3. The second kappa shape index (κ2) is 4.86. The van der Waals surface area contributed by atoms with Crippen LogP contribution in [0.1, 0.15) is 11.1 Å². The van der Waals surface area contributed by atoms with Crippen LogP contribution in [-0.2, 0) is 17.8 Å². The van der Waals surface area contributed by atoms with E-state index in [1.807, 2.05) is 12.1 Å². The summed E-state index contributed by atoms with van der Waals surface area (Å²) in [5, 5.41) is 12.3. The monoisotopic (exact) mass is 232 g/mol. The predicted octanol–water partition coefficient (Wildman–Crippen LogP) is 1.38. The lowest BCUT2D eigenvalue weighted by Gasteiger charge is -2.16. The summed E-state index contributed by atoms with van der Waals surface area (Å²) in [6.45, 7) is 0.446. The minimum Gasteiger partial charge on any atom is -0.392 e. The van der Waals surface area contributed by atoms with Gasteiger partial charge in [0.05, 0.1) is 6.61 Å². The maximum absolute atomic E-state index is 11.7. The standard InChI is InChI=1S/C11H12N4O2/c12-14-13-6-11(17)15-4-3-9-5-8(7-16)1-2-10(9)15/h1-2,5,16H,3-4,6-7H2. The number of aliphatic hydroxyl groups excluding tert-OH is 1. The molecule has 88 valence electrons. The van der Waals surface area contributed by atoms with Crippen molar-refractivity contribution < 1.29 is 9.90 Å². The van der Waals surface area contributed by atoms with E-state index < -0.39 is 0 Å². The van der Waals surface area contributed by atoms with Gasteiger partial charge in [-0.1, -0.05) is 17.2 Å². The molecule has 0 bridgehead atoms. The number of azide groups is 1. The Kier molecular flexibility index (Phi) is 3.27. The van der Waals surface area contributed by atoms with E-state index >= 15 is 0 Å². The molecule has 1 aromatic carbocycles. The maximum Gasteiger partial charge on any atom is 0.232 e. The van der Waals surface area contributed by atoms with E-state index in [4.69, 9.17) is 10.6 Å². The van der Waals surface area contributed by atoms with Crippen LogP contribution in [-0.4, -0.2) is 24.1 Å². The second-order valence-corrected chi connectivity index (χ2v) is 3.81. The highest BCUT2D eigenvalue weighted by Crippen LogP contribution is 2.28. The van der Waals surface area contributed by atoms with Crippen molar-refractivity contribution in [2.45, 2.75) is 13.0 Å². The number of anilines is 1. The molecule has 0 spiro atoms. The summed E-state index contributed by atoms with van der Waals surface area (Å²) in [7, 11) is 0. The molecule has 0 unspecified atom stereocenters. The van der Waals surface area contributed by atoms with Crippen LogP contribution in [0.3, 0.4) is 0 Å². The average Bonchev–Trinajstić information content (AvgIpc) is 2.78. The number of benzene rings is 1. The minimum absolute atomic E-state index is 0.0000475. The third-order valence-electron chi connectivity index (χ3n) is 2.79. The Morgan fingerprint density at radius 2 is 2.41 bits per heavy atom. The number of amides is 1. The Balaban J connectivity index is 2.22. The van der Waals surface area contributed by atoms with Crippen molar-refractivity contribution in [1.29, 1.82) is 0 Å². The summed E-state index contributed by atoms with van der Waals surface area (Å²) in [6, 6.07) is 5.51. The van der Waals surface area contributed by atoms with E-state index in [1.165, 1.54) is 0 Å². The number of fused-ring (bicyclic) bond motifs is 1. The Labute approximate surface area is 98.1 Å². The van der Waals surface area contributed by atoms with Crippen LogP contribution in [0.2, 0.25) is 0 Å². The third-order valence-corrected chi connectivity index (χ3v) is 2.79. The van der Waals surface area contributed by atoms with Crippen molar-refractivity contribution in [2.24, 2.45) is 5.11 Å². The Morgan fingerprint density at radius 3 is 3.12 bits per heavy atom. The topological polar surface area (TPSA) is 89.3 Å². The van der Waals surface area contributed by atoms with Crippen LogP contribution in [0.4, 0.5) is 5.69 Å². The van der Waals surface area contributed by atoms with E-state index in [2.05, 4.69) is 10.0 Å². The van der Waals surface area contributed by atoms with Crippen LogP contribution >= 0.6 is 0 Å². The molecule has 1 aliphatic rings. The summed E-state index contributed by atoms with van der Waals surface area (Å²) >= 11 is 0.